The Balaban J connectivity index is 1.63. The van der Waals surface area contributed by atoms with Crippen molar-refractivity contribution in [2.75, 3.05) is 38.8 Å². The zero-order valence-corrected chi connectivity index (χ0v) is 17.3. The Morgan fingerprint density at radius 3 is 2.69 bits per heavy atom. The first-order valence-corrected chi connectivity index (χ1v) is 9.93. The highest BCUT2D eigenvalue weighted by Crippen LogP contribution is 2.30. The summed E-state index contributed by atoms with van der Waals surface area (Å²) in [7, 11) is 3.24. The van der Waals surface area contributed by atoms with E-state index in [2.05, 4.69) is 26.6 Å². The lowest BCUT2D eigenvalue weighted by Crippen LogP contribution is -2.44. The summed E-state index contributed by atoms with van der Waals surface area (Å²) in [5, 5.41) is 16.8. The largest absolute Gasteiger partial charge is 0.504 e. The first-order chi connectivity index (χ1) is 14.1. The lowest BCUT2D eigenvalue weighted by molar-refractivity contribution is 0.373. The summed E-state index contributed by atoms with van der Waals surface area (Å²) in [6.07, 6.45) is 1.02. The van der Waals surface area contributed by atoms with Crippen LogP contribution in [-0.2, 0) is 6.54 Å². The second-order valence-electron chi connectivity index (χ2n) is 6.95. The summed E-state index contributed by atoms with van der Waals surface area (Å²) in [6, 6.07) is 13.7. The normalized spacial score (nSPS) is 16.6. The molecule has 0 aliphatic carbocycles. The van der Waals surface area contributed by atoms with Gasteiger partial charge in [-0.05, 0) is 43.2 Å². The SMILES string of the molecule is CCNC(=NCc1ccc(OC)c(O)c1)NC1CCN(c2ccccc2OC)C1. The van der Waals surface area contributed by atoms with E-state index in [1.807, 2.05) is 31.2 Å². The van der Waals surface area contributed by atoms with Crippen LogP contribution in [-0.4, -0.2) is 51.0 Å². The smallest absolute Gasteiger partial charge is 0.191 e. The quantitative estimate of drug-likeness (QED) is 0.492. The molecule has 0 amide bonds. The third-order valence-electron chi connectivity index (χ3n) is 4.96. The maximum atomic E-state index is 9.95. The van der Waals surface area contributed by atoms with Crippen molar-refractivity contribution in [3.05, 3.63) is 48.0 Å². The second-order valence-corrected chi connectivity index (χ2v) is 6.95. The van der Waals surface area contributed by atoms with Gasteiger partial charge in [-0.2, -0.15) is 0 Å². The second kappa shape index (κ2) is 9.91. The predicted octanol–water partition coefficient (Wildman–Crippen LogP) is 2.74. The van der Waals surface area contributed by atoms with Crippen molar-refractivity contribution in [1.29, 1.82) is 0 Å². The summed E-state index contributed by atoms with van der Waals surface area (Å²) in [4.78, 5) is 7.01. The Morgan fingerprint density at radius 2 is 1.97 bits per heavy atom. The standard InChI is InChI=1S/C22H30N4O3/c1-4-23-22(24-14-16-9-10-21(29-3)19(27)13-16)25-17-11-12-26(15-17)18-7-5-6-8-20(18)28-2/h5-10,13,17,27H,4,11-12,14-15H2,1-3H3,(H2,23,24,25). The van der Waals surface area contributed by atoms with Gasteiger partial charge in [0.25, 0.3) is 0 Å². The van der Waals surface area contributed by atoms with Gasteiger partial charge in [-0.1, -0.05) is 18.2 Å². The molecule has 1 atom stereocenters. The molecule has 0 saturated carbocycles. The van der Waals surface area contributed by atoms with Crippen molar-refractivity contribution in [3.8, 4) is 17.2 Å². The Bertz CT molecular complexity index is 841. The number of phenolic OH excluding ortho intramolecular Hbond substituents is 1. The van der Waals surface area contributed by atoms with Crippen LogP contribution in [0.1, 0.15) is 18.9 Å². The highest BCUT2D eigenvalue weighted by molar-refractivity contribution is 5.80. The number of rotatable bonds is 7. The van der Waals surface area contributed by atoms with Crippen molar-refractivity contribution >= 4 is 11.6 Å². The van der Waals surface area contributed by atoms with Crippen LogP contribution >= 0.6 is 0 Å². The lowest BCUT2D eigenvalue weighted by atomic mass is 10.2. The van der Waals surface area contributed by atoms with Crippen LogP contribution in [0.3, 0.4) is 0 Å². The van der Waals surface area contributed by atoms with Gasteiger partial charge in [0.2, 0.25) is 0 Å². The van der Waals surface area contributed by atoms with Gasteiger partial charge in [0.05, 0.1) is 26.5 Å². The van der Waals surface area contributed by atoms with E-state index in [-0.39, 0.29) is 5.75 Å². The molecule has 1 aliphatic heterocycles. The lowest BCUT2D eigenvalue weighted by Gasteiger charge is -2.22. The minimum absolute atomic E-state index is 0.126. The van der Waals surface area contributed by atoms with E-state index in [9.17, 15) is 5.11 Å². The number of nitrogens with one attached hydrogen (secondary N) is 2. The fourth-order valence-corrected chi connectivity index (χ4v) is 3.51. The first-order valence-electron chi connectivity index (χ1n) is 9.93. The summed E-state index contributed by atoms with van der Waals surface area (Å²) in [5.41, 5.74) is 2.04. The molecule has 1 fully saturated rings. The molecule has 1 heterocycles. The van der Waals surface area contributed by atoms with E-state index in [1.165, 1.54) is 7.11 Å². The van der Waals surface area contributed by atoms with Gasteiger partial charge in [-0.15, -0.1) is 0 Å². The summed E-state index contributed by atoms with van der Waals surface area (Å²) in [5.74, 6) is 2.26. The average molecular weight is 399 g/mol. The van der Waals surface area contributed by atoms with Crippen LogP contribution in [0.2, 0.25) is 0 Å². The van der Waals surface area contributed by atoms with Crippen molar-refractivity contribution in [2.45, 2.75) is 25.9 Å². The zero-order chi connectivity index (χ0) is 20.6. The van der Waals surface area contributed by atoms with E-state index in [0.29, 0.717) is 18.3 Å². The molecule has 1 aliphatic rings. The van der Waals surface area contributed by atoms with Gasteiger partial charge in [0.1, 0.15) is 5.75 Å². The van der Waals surface area contributed by atoms with Gasteiger partial charge in [-0.3, -0.25) is 0 Å². The minimum atomic E-state index is 0.126. The van der Waals surface area contributed by atoms with Gasteiger partial charge in [-0.25, -0.2) is 4.99 Å². The monoisotopic (exact) mass is 398 g/mol. The molecule has 156 valence electrons. The molecule has 1 saturated heterocycles. The van der Waals surface area contributed by atoms with E-state index in [0.717, 1.165) is 49.0 Å². The number of phenols is 1. The minimum Gasteiger partial charge on any atom is -0.504 e. The maximum absolute atomic E-state index is 9.95. The number of hydrogen-bond acceptors (Lipinski definition) is 5. The summed E-state index contributed by atoms with van der Waals surface area (Å²) >= 11 is 0. The van der Waals surface area contributed by atoms with Gasteiger partial charge in [0.15, 0.2) is 17.5 Å². The van der Waals surface area contributed by atoms with Crippen LogP contribution in [0.25, 0.3) is 0 Å². The zero-order valence-electron chi connectivity index (χ0n) is 17.3. The molecule has 2 aromatic carbocycles. The Labute approximate surface area is 172 Å². The number of nitrogens with zero attached hydrogens (tertiary/aromatic N) is 2. The van der Waals surface area contributed by atoms with Gasteiger partial charge >= 0.3 is 0 Å². The van der Waals surface area contributed by atoms with Crippen molar-refractivity contribution in [1.82, 2.24) is 10.6 Å². The molecular weight excluding hydrogens is 368 g/mol. The highest BCUT2D eigenvalue weighted by atomic mass is 16.5. The number of aromatic hydroxyl groups is 1. The fourth-order valence-electron chi connectivity index (χ4n) is 3.51. The molecule has 3 N–H and O–H groups in total. The molecule has 1 unspecified atom stereocenters. The van der Waals surface area contributed by atoms with Gasteiger partial charge < -0.3 is 30.1 Å². The number of hydrogen-bond donors (Lipinski definition) is 3. The molecule has 2 aromatic rings. The number of guanidine groups is 1. The number of para-hydroxylation sites is 2. The molecule has 0 radical (unpaired) electrons. The maximum Gasteiger partial charge on any atom is 0.191 e. The van der Waals surface area contributed by atoms with Crippen LogP contribution in [0.15, 0.2) is 47.5 Å². The molecule has 0 aromatic heterocycles. The molecule has 29 heavy (non-hydrogen) atoms. The Kier molecular flexibility index (Phi) is 7.05. The van der Waals surface area contributed by atoms with Crippen LogP contribution in [0.5, 0.6) is 17.2 Å². The van der Waals surface area contributed by atoms with E-state index in [1.54, 1.807) is 19.2 Å². The number of aliphatic imine (C=N–C) groups is 1. The average Bonchev–Trinajstić information content (AvgIpc) is 3.20. The molecule has 3 rings (SSSR count). The number of anilines is 1. The molecule has 7 nitrogen and oxygen atoms in total. The topological polar surface area (TPSA) is 78.4 Å². The van der Waals surface area contributed by atoms with E-state index >= 15 is 0 Å². The number of benzene rings is 2. The third kappa shape index (κ3) is 5.25. The summed E-state index contributed by atoms with van der Waals surface area (Å²) < 4.78 is 10.6. The molecule has 0 bridgehead atoms. The van der Waals surface area contributed by atoms with Crippen molar-refractivity contribution in [3.63, 3.8) is 0 Å². The Morgan fingerprint density at radius 1 is 1.17 bits per heavy atom. The van der Waals surface area contributed by atoms with Crippen molar-refractivity contribution in [2.24, 2.45) is 4.99 Å². The van der Waals surface area contributed by atoms with Gasteiger partial charge in [0, 0.05) is 25.7 Å². The third-order valence-corrected chi connectivity index (χ3v) is 4.96. The number of ether oxygens (including phenoxy) is 2. The molecule has 7 heteroatoms. The van der Waals surface area contributed by atoms with Crippen molar-refractivity contribution < 1.29 is 14.6 Å². The Hall–Kier alpha value is -3.09. The van der Waals surface area contributed by atoms with E-state index < -0.39 is 0 Å². The number of methoxy groups -OCH3 is 2. The highest BCUT2D eigenvalue weighted by Gasteiger charge is 2.25. The van der Waals surface area contributed by atoms with Crippen LogP contribution < -0.4 is 25.0 Å². The van der Waals surface area contributed by atoms with E-state index in [4.69, 9.17) is 9.47 Å². The predicted molar refractivity (Wildman–Crippen MR) is 116 cm³/mol. The first kappa shape index (κ1) is 20.6. The van der Waals surface area contributed by atoms with Crippen LogP contribution in [0.4, 0.5) is 5.69 Å². The molecular formula is C22H30N4O3. The summed E-state index contributed by atoms with van der Waals surface area (Å²) in [6.45, 7) is 5.14. The molecule has 0 spiro atoms. The van der Waals surface area contributed by atoms with Crippen LogP contribution in [0, 0.1) is 0 Å². The fraction of sp³-hybridized carbons (Fsp3) is 0.409.